The van der Waals surface area contributed by atoms with Crippen molar-refractivity contribution in [1.82, 2.24) is 4.90 Å². The van der Waals surface area contributed by atoms with Crippen molar-refractivity contribution < 1.29 is 19.1 Å². The van der Waals surface area contributed by atoms with Gasteiger partial charge in [-0.1, -0.05) is 43.3 Å². The zero-order chi connectivity index (χ0) is 21.2. The summed E-state index contributed by atoms with van der Waals surface area (Å²) < 4.78 is 11.1. The fraction of sp³-hybridized carbons (Fsp3) is 0.500. The number of ether oxygens (including phenoxy) is 2. The summed E-state index contributed by atoms with van der Waals surface area (Å²) in [5.74, 6) is -0.875. The van der Waals surface area contributed by atoms with Crippen LogP contribution in [0.4, 0.5) is 0 Å². The molecule has 0 bridgehead atoms. The number of carbonyl (C=O) groups excluding carboxylic acids is 2. The summed E-state index contributed by atoms with van der Waals surface area (Å²) >= 11 is 0. The van der Waals surface area contributed by atoms with Gasteiger partial charge in [-0.25, -0.2) is 4.79 Å². The van der Waals surface area contributed by atoms with Gasteiger partial charge in [-0.15, -0.1) is 0 Å². The third-order valence-electron chi connectivity index (χ3n) is 6.47. The maximum absolute atomic E-state index is 13.7. The summed E-state index contributed by atoms with van der Waals surface area (Å²) in [6.45, 7) is 10.4. The van der Waals surface area contributed by atoms with E-state index in [0.717, 1.165) is 30.5 Å². The molecule has 0 amide bonds. The van der Waals surface area contributed by atoms with Crippen LogP contribution in [0, 0.1) is 11.8 Å². The minimum atomic E-state index is -1.15. The standard InChI is InChI=1S/C24H31NO4/c1-6-28-22(26)20-16(3)25(5)17(4)24(23(27)29-7-2,19-14-9-8-10-15-19)21(20)18-12-11-13-18/h8-10,14-15,18,21H,4,6-7,11-13H2,1-3,5H3/t21-,24-/m0/s1. The van der Waals surface area contributed by atoms with Crippen LogP contribution >= 0.6 is 0 Å². The van der Waals surface area contributed by atoms with Gasteiger partial charge in [0, 0.05) is 24.4 Å². The Bertz CT molecular complexity index is 825. The van der Waals surface area contributed by atoms with Crippen molar-refractivity contribution in [3.8, 4) is 0 Å². The summed E-state index contributed by atoms with van der Waals surface area (Å²) in [5.41, 5.74) is 1.66. The maximum atomic E-state index is 13.7. The molecule has 2 aliphatic rings. The third kappa shape index (κ3) is 3.26. The fourth-order valence-corrected chi connectivity index (χ4v) is 4.77. The monoisotopic (exact) mass is 397 g/mol. The predicted molar refractivity (Wildman–Crippen MR) is 112 cm³/mol. The molecule has 1 saturated carbocycles. The first-order chi connectivity index (χ1) is 13.9. The van der Waals surface area contributed by atoms with Crippen molar-refractivity contribution in [2.45, 2.75) is 45.4 Å². The summed E-state index contributed by atoms with van der Waals surface area (Å²) in [4.78, 5) is 28.7. The van der Waals surface area contributed by atoms with Crippen LogP contribution < -0.4 is 0 Å². The van der Waals surface area contributed by atoms with Gasteiger partial charge in [-0.05, 0) is 45.1 Å². The molecule has 1 fully saturated rings. The van der Waals surface area contributed by atoms with E-state index in [9.17, 15) is 9.59 Å². The molecule has 0 spiro atoms. The van der Waals surface area contributed by atoms with Crippen LogP contribution in [0.25, 0.3) is 0 Å². The number of nitrogens with zero attached hydrogens (tertiary/aromatic N) is 1. The van der Waals surface area contributed by atoms with Gasteiger partial charge in [0.15, 0.2) is 0 Å². The highest BCUT2D eigenvalue weighted by Gasteiger charge is 2.60. The largest absolute Gasteiger partial charge is 0.465 e. The summed E-state index contributed by atoms with van der Waals surface area (Å²) in [7, 11) is 1.85. The third-order valence-corrected chi connectivity index (χ3v) is 6.47. The predicted octanol–water partition coefficient (Wildman–Crippen LogP) is 4.20. The van der Waals surface area contributed by atoms with E-state index >= 15 is 0 Å². The lowest BCUT2D eigenvalue weighted by molar-refractivity contribution is -0.154. The molecular weight excluding hydrogens is 366 g/mol. The number of hydrogen-bond acceptors (Lipinski definition) is 5. The minimum Gasteiger partial charge on any atom is -0.465 e. The first-order valence-electron chi connectivity index (χ1n) is 10.4. The molecule has 5 nitrogen and oxygen atoms in total. The molecule has 0 N–H and O–H groups in total. The number of esters is 2. The van der Waals surface area contributed by atoms with E-state index in [1.165, 1.54) is 0 Å². The van der Waals surface area contributed by atoms with Gasteiger partial charge < -0.3 is 14.4 Å². The van der Waals surface area contributed by atoms with Crippen LogP contribution in [-0.2, 0) is 24.5 Å². The van der Waals surface area contributed by atoms with Crippen molar-refractivity contribution in [3.63, 3.8) is 0 Å². The van der Waals surface area contributed by atoms with Gasteiger partial charge in [0.25, 0.3) is 0 Å². The highest BCUT2D eigenvalue weighted by molar-refractivity contribution is 5.96. The van der Waals surface area contributed by atoms with Crippen LogP contribution in [0.15, 0.2) is 53.9 Å². The lowest BCUT2D eigenvalue weighted by atomic mass is 9.55. The number of rotatable bonds is 6. The van der Waals surface area contributed by atoms with Gasteiger partial charge in [0.1, 0.15) is 5.41 Å². The Hall–Kier alpha value is -2.56. The van der Waals surface area contributed by atoms with E-state index < -0.39 is 5.41 Å². The molecule has 0 aromatic heterocycles. The van der Waals surface area contributed by atoms with Crippen LogP contribution in [0.2, 0.25) is 0 Å². The number of benzene rings is 1. The molecule has 5 heteroatoms. The van der Waals surface area contributed by atoms with E-state index in [-0.39, 0.29) is 37.0 Å². The number of likely N-dealkylation sites (N-methyl/N-ethyl adjacent to an activating group) is 1. The average Bonchev–Trinajstić information content (AvgIpc) is 2.67. The summed E-state index contributed by atoms with van der Waals surface area (Å²) in [6.07, 6.45) is 3.02. The van der Waals surface area contributed by atoms with Gasteiger partial charge in [0.05, 0.1) is 18.8 Å². The Labute approximate surface area is 173 Å². The average molecular weight is 398 g/mol. The molecule has 1 aliphatic carbocycles. The molecular formula is C24H31NO4. The first kappa shape index (κ1) is 21.2. The molecule has 1 aliphatic heterocycles. The van der Waals surface area contributed by atoms with Crippen LogP contribution in [0.3, 0.4) is 0 Å². The molecule has 1 aromatic rings. The van der Waals surface area contributed by atoms with Crippen molar-refractivity contribution in [2.75, 3.05) is 20.3 Å². The van der Waals surface area contributed by atoms with E-state index in [1.54, 1.807) is 13.8 Å². The molecule has 3 rings (SSSR count). The van der Waals surface area contributed by atoms with Crippen molar-refractivity contribution in [3.05, 3.63) is 59.4 Å². The lowest BCUT2D eigenvalue weighted by Crippen LogP contribution is -2.57. The van der Waals surface area contributed by atoms with Gasteiger partial charge >= 0.3 is 11.9 Å². The van der Waals surface area contributed by atoms with Crippen molar-refractivity contribution >= 4 is 11.9 Å². The van der Waals surface area contributed by atoms with Gasteiger partial charge in [0.2, 0.25) is 0 Å². The second-order valence-corrected chi connectivity index (χ2v) is 7.79. The van der Waals surface area contributed by atoms with Crippen LogP contribution in [0.5, 0.6) is 0 Å². The zero-order valence-corrected chi connectivity index (χ0v) is 17.9. The molecule has 0 radical (unpaired) electrons. The number of allylic oxidation sites excluding steroid dienone is 1. The summed E-state index contributed by atoms with van der Waals surface area (Å²) in [6, 6.07) is 9.62. The molecule has 156 valence electrons. The minimum absolute atomic E-state index is 0.194. The quantitative estimate of drug-likeness (QED) is 0.674. The van der Waals surface area contributed by atoms with Crippen molar-refractivity contribution in [2.24, 2.45) is 11.8 Å². The molecule has 0 unspecified atom stereocenters. The molecule has 2 atom stereocenters. The topological polar surface area (TPSA) is 55.8 Å². The molecule has 1 heterocycles. The summed E-state index contributed by atoms with van der Waals surface area (Å²) in [5, 5.41) is 0. The van der Waals surface area contributed by atoms with Crippen molar-refractivity contribution in [1.29, 1.82) is 0 Å². The fourth-order valence-electron chi connectivity index (χ4n) is 4.77. The highest BCUT2D eigenvalue weighted by Crippen LogP contribution is 2.56. The second-order valence-electron chi connectivity index (χ2n) is 7.79. The maximum Gasteiger partial charge on any atom is 0.336 e. The Morgan fingerprint density at radius 3 is 2.28 bits per heavy atom. The van der Waals surface area contributed by atoms with Gasteiger partial charge in [-0.3, -0.25) is 4.79 Å². The Morgan fingerprint density at radius 2 is 1.76 bits per heavy atom. The Kier molecular flexibility index (Phi) is 6.15. The van der Waals surface area contributed by atoms with E-state index in [0.29, 0.717) is 11.3 Å². The highest BCUT2D eigenvalue weighted by atomic mass is 16.5. The second kappa shape index (κ2) is 8.44. The van der Waals surface area contributed by atoms with Crippen LogP contribution in [0.1, 0.15) is 45.6 Å². The SMILES string of the molecule is C=C1N(C)C(C)=C(C(=O)OCC)[C@H](C2CCC2)[C@@]1(C(=O)OCC)c1ccccc1. The lowest BCUT2D eigenvalue weighted by Gasteiger charge is -2.52. The molecule has 1 aromatic carbocycles. The van der Waals surface area contributed by atoms with E-state index in [1.807, 2.05) is 49.2 Å². The smallest absolute Gasteiger partial charge is 0.336 e. The molecule has 0 saturated heterocycles. The molecule has 29 heavy (non-hydrogen) atoms. The van der Waals surface area contributed by atoms with E-state index in [4.69, 9.17) is 9.47 Å². The van der Waals surface area contributed by atoms with E-state index in [2.05, 4.69) is 6.58 Å². The number of hydrogen-bond donors (Lipinski definition) is 0. The number of carbonyl (C=O) groups is 2. The Balaban J connectivity index is 2.33. The first-order valence-corrected chi connectivity index (χ1v) is 10.4. The van der Waals surface area contributed by atoms with Crippen LogP contribution in [-0.4, -0.2) is 37.1 Å². The van der Waals surface area contributed by atoms with Gasteiger partial charge in [-0.2, -0.15) is 0 Å². The Morgan fingerprint density at radius 1 is 1.14 bits per heavy atom. The zero-order valence-electron chi connectivity index (χ0n) is 17.9. The normalized spacial score (nSPS) is 24.9.